The van der Waals surface area contributed by atoms with Crippen LogP contribution < -0.4 is 24.2 Å². The van der Waals surface area contributed by atoms with Crippen molar-refractivity contribution in [2.45, 2.75) is 11.8 Å². The van der Waals surface area contributed by atoms with Crippen LogP contribution in [-0.2, 0) is 14.8 Å². The number of ether oxygens (including phenoxy) is 3. The zero-order chi connectivity index (χ0) is 24.6. The van der Waals surface area contributed by atoms with Crippen LogP contribution in [0.15, 0.2) is 77.7 Å². The van der Waals surface area contributed by atoms with Crippen molar-refractivity contribution in [2.75, 3.05) is 30.9 Å². The quantitative estimate of drug-likeness (QED) is 0.411. The van der Waals surface area contributed by atoms with E-state index in [4.69, 9.17) is 14.2 Å². The fourth-order valence-corrected chi connectivity index (χ4v) is 4.17. The number of hydrogen-bond acceptors (Lipinski definition) is 6. The Bertz CT molecular complexity index is 1270. The Labute approximate surface area is 199 Å². The molecule has 0 aromatic heterocycles. The molecule has 1 amide bonds. The number of rotatable bonds is 10. The van der Waals surface area contributed by atoms with Gasteiger partial charge in [-0.15, -0.1) is 0 Å². The lowest BCUT2D eigenvalue weighted by Gasteiger charge is -2.14. The molecule has 34 heavy (non-hydrogen) atoms. The average molecular weight is 483 g/mol. The van der Waals surface area contributed by atoms with E-state index >= 15 is 0 Å². The molecule has 0 aliphatic heterocycles. The summed E-state index contributed by atoms with van der Waals surface area (Å²) in [5, 5.41) is 2.67. The smallest absolute Gasteiger partial charge is 0.262 e. The standard InChI is InChI=1S/C25H26N2O6S/c1-4-33-19-12-9-18(10-13-19)11-16-25(28)26-22-17-20(14-15-24(22)32-3)34(29,30)27-21-7-5-6-8-23(21)31-2/h5-17,27H,4H2,1-3H3,(H,26,28)/b16-11+. The molecular formula is C25H26N2O6S. The number of amides is 1. The molecule has 0 bridgehead atoms. The number of methoxy groups -OCH3 is 2. The molecule has 0 unspecified atom stereocenters. The first-order chi connectivity index (χ1) is 16.4. The van der Waals surface area contributed by atoms with Crippen LogP contribution in [0.2, 0.25) is 0 Å². The van der Waals surface area contributed by atoms with Gasteiger partial charge >= 0.3 is 0 Å². The summed E-state index contributed by atoms with van der Waals surface area (Å²) in [6.45, 7) is 2.48. The second-order valence-electron chi connectivity index (χ2n) is 6.99. The highest BCUT2D eigenvalue weighted by molar-refractivity contribution is 7.92. The molecule has 0 saturated heterocycles. The van der Waals surface area contributed by atoms with Gasteiger partial charge in [-0.3, -0.25) is 9.52 Å². The predicted molar refractivity (Wildman–Crippen MR) is 132 cm³/mol. The van der Waals surface area contributed by atoms with Gasteiger partial charge in [0.05, 0.1) is 37.1 Å². The molecule has 0 spiro atoms. The Morgan fingerprint density at radius 2 is 1.59 bits per heavy atom. The van der Waals surface area contributed by atoms with Crippen LogP contribution in [0.1, 0.15) is 12.5 Å². The van der Waals surface area contributed by atoms with E-state index in [2.05, 4.69) is 10.0 Å². The van der Waals surface area contributed by atoms with Gasteiger partial charge in [-0.2, -0.15) is 0 Å². The summed E-state index contributed by atoms with van der Waals surface area (Å²) >= 11 is 0. The molecule has 0 aliphatic carbocycles. The van der Waals surface area contributed by atoms with E-state index in [-0.39, 0.29) is 10.6 Å². The molecule has 8 nitrogen and oxygen atoms in total. The lowest BCUT2D eigenvalue weighted by Crippen LogP contribution is -2.15. The molecule has 0 heterocycles. The van der Waals surface area contributed by atoms with Gasteiger partial charge in [0.15, 0.2) is 0 Å². The number of carbonyl (C=O) groups is 1. The first kappa shape index (κ1) is 24.7. The first-order valence-corrected chi connectivity index (χ1v) is 11.9. The molecule has 2 N–H and O–H groups in total. The lowest BCUT2D eigenvalue weighted by atomic mass is 10.2. The maximum atomic E-state index is 12.9. The fourth-order valence-electron chi connectivity index (χ4n) is 3.07. The Morgan fingerprint density at radius 1 is 0.912 bits per heavy atom. The van der Waals surface area contributed by atoms with Gasteiger partial charge < -0.3 is 19.5 Å². The fraction of sp³-hybridized carbons (Fsp3) is 0.160. The maximum Gasteiger partial charge on any atom is 0.262 e. The van der Waals surface area contributed by atoms with Crippen molar-refractivity contribution in [1.29, 1.82) is 0 Å². The largest absolute Gasteiger partial charge is 0.495 e. The van der Waals surface area contributed by atoms with Gasteiger partial charge in [-0.1, -0.05) is 24.3 Å². The van der Waals surface area contributed by atoms with Crippen LogP contribution in [0.3, 0.4) is 0 Å². The SMILES string of the molecule is CCOc1ccc(/C=C/C(=O)Nc2cc(S(=O)(=O)Nc3ccccc3OC)ccc2OC)cc1. The van der Waals surface area contributed by atoms with Crippen LogP contribution in [0.5, 0.6) is 17.2 Å². The van der Waals surface area contributed by atoms with Gasteiger partial charge in [-0.25, -0.2) is 8.42 Å². The van der Waals surface area contributed by atoms with Crippen LogP contribution in [0.4, 0.5) is 11.4 Å². The molecule has 9 heteroatoms. The van der Waals surface area contributed by atoms with Gasteiger partial charge in [0.1, 0.15) is 17.2 Å². The Kier molecular flexibility index (Phi) is 8.15. The van der Waals surface area contributed by atoms with Crippen LogP contribution >= 0.6 is 0 Å². The number of para-hydroxylation sites is 2. The summed E-state index contributed by atoms with van der Waals surface area (Å²) in [6.07, 6.45) is 2.99. The minimum absolute atomic E-state index is 0.0509. The molecular weight excluding hydrogens is 456 g/mol. The number of benzene rings is 3. The highest BCUT2D eigenvalue weighted by Gasteiger charge is 2.19. The Hall–Kier alpha value is -3.98. The van der Waals surface area contributed by atoms with Gasteiger partial charge in [0.25, 0.3) is 10.0 Å². The van der Waals surface area contributed by atoms with E-state index in [1.807, 2.05) is 31.2 Å². The van der Waals surface area contributed by atoms with Gasteiger partial charge in [0.2, 0.25) is 5.91 Å². The molecule has 0 radical (unpaired) electrons. The summed E-state index contributed by atoms with van der Waals surface area (Å²) in [7, 11) is -1.07. The van der Waals surface area contributed by atoms with Gasteiger partial charge in [-0.05, 0) is 61.0 Å². The molecule has 0 aliphatic rings. The van der Waals surface area contributed by atoms with Crippen molar-refractivity contribution >= 4 is 33.4 Å². The minimum atomic E-state index is -3.96. The number of nitrogens with one attached hydrogen (secondary N) is 2. The van der Waals surface area contributed by atoms with Crippen molar-refractivity contribution in [1.82, 2.24) is 0 Å². The van der Waals surface area contributed by atoms with Crippen molar-refractivity contribution < 1.29 is 27.4 Å². The van der Waals surface area contributed by atoms with Crippen molar-refractivity contribution in [3.63, 3.8) is 0 Å². The molecule has 3 aromatic carbocycles. The monoisotopic (exact) mass is 482 g/mol. The normalized spacial score (nSPS) is 11.1. The second-order valence-corrected chi connectivity index (χ2v) is 8.67. The zero-order valence-corrected chi connectivity index (χ0v) is 19.9. The molecule has 3 aromatic rings. The summed E-state index contributed by atoms with van der Waals surface area (Å²) in [5.41, 5.74) is 1.32. The van der Waals surface area contributed by atoms with E-state index in [1.165, 1.54) is 38.5 Å². The van der Waals surface area contributed by atoms with Crippen molar-refractivity contribution in [3.05, 3.63) is 78.4 Å². The number of carbonyl (C=O) groups excluding carboxylic acids is 1. The lowest BCUT2D eigenvalue weighted by molar-refractivity contribution is -0.111. The third kappa shape index (κ3) is 6.29. The Balaban J connectivity index is 1.78. The van der Waals surface area contributed by atoms with E-state index in [0.717, 1.165) is 11.3 Å². The number of hydrogen-bond donors (Lipinski definition) is 2. The predicted octanol–water partition coefficient (Wildman–Crippen LogP) is 4.56. The topological polar surface area (TPSA) is 103 Å². The second kappa shape index (κ2) is 11.2. The van der Waals surface area contributed by atoms with Crippen molar-refractivity contribution in [2.24, 2.45) is 0 Å². The third-order valence-corrected chi connectivity index (χ3v) is 6.07. The first-order valence-electron chi connectivity index (χ1n) is 10.4. The van der Waals surface area contributed by atoms with E-state index in [9.17, 15) is 13.2 Å². The molecule has 3 rings (SSSR count). The minimum Gasteiger partial charge on any atom is -0.495 e. The Morgan fingerprint density at radius 3 is 2.26 bits per heavy atom. The molecule has 178 valence electrons. The summed E-state index contributed by atoms with van der Waals surface area (Å²) in [5.74, 6) is 1.000. The van der Waals surface area contributed by atoms with Crippen LogP contribution in [-0.4, -0.2) is 35.2 Å². The highest BCUT2D eigenvalue weighted by atomic mass is 32.2. The summed E-state index contributed by atoms with van der Waals surface area (Å²) in [4.78, 5) is 12.4. The van der Waals surface area contributed by atoms with Crippen molar-refractivity contribution in [3.8, 4) is 17.2 Å². The average Bonchev–Trinajstić information content (AvgIpc) is 2.84. The van der Waals surface area contributed by atoms with Crippen LogP contribution in [0, 0.1) is 0 Å². The molecule has 0 fully saturated rings. The molecule has 0 atom stereocenters. The molecule has 0 saturated carbocycles. The highest BCUT2D eigenvalue weighted by Crippen LogP contribution is 2.30. The van der Waals surface area contributed by atoms with E-state index in [1.54, 1.807) is 30.3 Å². The number of anilines is 2. The van der Waals surface area contributed by atoms with Crippen LogP contribution in [0.25, 0.3) is 6.08 Å². The van der Waals surface area contributed by atoms with E-state index < -0.39 is 15.9 Å². The number of sulfonamides is 1. The summed E-state index contributed by atoms with van der Waals surface area (Å²) < 4.78 is 44.3. The maximum absolute atomic E-state index is 12.9. The third-order valence-electron chi connectivity index (χ3n) is 4.71. The zero-order valence-electron chi connectivity index (χ0n) is 19.1. The summed E-state index contributed by atoms with van der Waals surface area (Å²) in [6, 6.07) is 18.1. The van der Waals surface area contributed by atoms with E-state index in [0.29, 0.717) is 23.8 Å². The van der Waals surface area contributed by atoms with Gasteiger partial charge in [0, 0.05) is 6.08 Å².